The number of ether oxygens (including phenoxy) is 1. The Labute approximate surface area is 156 Å². The molecular formula is C16H23F3N4O3S. The van der Waals surface area contributed by atoms with Gasteiger partial charge in [0.25, 0.3) is 10.0 Å². The Morgan fingerprint density at radius 1 is 1.22 bits per heavy atom. The van der Waals surface area contributed by atoms with Crippen molar-refractivity contribution in [2.24, 2.45) is 12.5 Å². The lowest BCUT2D eigenvalue weighted by molar-refractivity contribution is -0.141. The van der Waals surface area contributed by atoms with Gasteiger partial charge in [0.05, 0.1) is 0 Å². The van der Waals surface area contributed by atoms with Crippen molar-refractivity contribution in [1.82, 2.24) is 19.0 Å². The van der Waals surface area contributed by atoms with E-state index in [0.29, 0.717) is 25.2 Å². The molecule has 0 radical (unpaired) electrons. The monoisotopic (exact) mass is 408 g/mol. The second-order valence-corrected chi connectivity index (χ2v) is 9.71. The maximum Gasteiger partial charge on any atom is 0.435 e. The van der Waals surface area contributed by atoms with Gasteiger partial charge in [-0.15, -0.1) is 0 Å². The van der Waals surface area contributed by atoms with Crippen molar-refractivity contribution in [3.8, 4) is 0 Å². The Balaban J connectivity index is 1.44. The van der Waals surface area contributed by atoms with Crippen LogP contribution in [0, 0.1) is 5.41 Å². The molecule has 0 atom stereocenters. The van der Waals surface area contributed by atoms with Gasteiger partial charge in [0.2, 0.25) is 0 Å². The van der Waals surface area contributed by atoms with Gasteiger partial charge in [-0.05, 0) is 25.8 Å². The molecule has 1 aromatic heterocycles. The molecule has 0 amide bonds. The number of hydrogen-bond donors (Lipinski definition) is 0. The average molecular weight is 408 g/mol. The lowest BCUT2D eigenvalue weighted by Crippen LogP contribution is -2.59. The summed E-state index contributed by atoms with van der Waals surface area (Å²) >= 11 is 0. The third-order valence-electron chi connectivity index (χ3n) is 5.93. The van der Waals surface area contributed by atoms with Crippen LogP contribution in [0.3, 0.4) is 0 Å². The number of halogens is 3. The Hall–Kier alpha value is -1.17. The lowest BCUT2D eigenvalue weighted by atomic mass is 9.81. The molecule has 11 heteroatoms. The minimum Gasteiger partial charge on any atom is -0.381 e. The van der Waals surface area contributed by atoms with E-state index in [1.165, 1.54) is 11.4 Å². The van der Waals surface area contributed by atoms with E-state index >= 15 is 0 Å². The standard InChI is InChI=1S/C16H23F3N4O3S/c1-21-14(8-13(20-21)16(17,18)19)27(24,25)23-10-15(11-23)4-5-22(9-15)12-2-6-26-7-3-12/h8,12H,2-7,9-11H2,1H3. The molecule has 4 rings (SSSR count). The van der Waals surface area contributed by atoms with E-state index in [1.807, 2.05) is 0 Å². The van der Waals surface area contributed by atoms with Crippen LogP contribution in [-0.2, 0) is 28.0 Å². The van der Waals surface area contributed by atoms with Gasteiger partial charge in [0.15, 0.2) is 10.7 Å². The van der Waals surface area contributed by atoms with Gasteiger partial charge in [-0.1, -0.05) is 0 Å². The third-order valence-corrected chi connectivity index (χ3v) is 7.78. The summed E-state index contributed by atoms with van der Waals surface area (Å²) in [5.74, 6) is 0. The Morgan fingerprint density at radius 2 is 1.89 bits per heavy atom. The minimum atomic E-state index is -4.67. The normalized spacial score (nSPS) is 25.2. The smallest absolute Gasteiger partial charge is 0.381 e. The first-order chi connectivity index (χ1) is 12.6. The van der Waals surface area contributed by atoms with Gasteiger partial charge in [0.1, 0.15) is 0 Å². The molecule has 1 spiro atoms. The number of alkyl halides is 3. The highest BCUT2D eigenvalue weighted by molar-refractivity contribution is 7.89. The number of hydrogen-bond acceptors (Lipinski definition) is 5. The first-order valence-corrected chi connectivity index (χ1v) is 10.5. The molecule has 0 saturated carbocycles. The van der Waals surface area contributed by atoms with Crippen molar-refractivity contribution in [1.29, 1.82) is 0 Å². The van der Waals surface area contributed by atoms with Crippen molar-refractivity contribution < 1.29 is 26.3 Å². The second-order valence-electron chi connectivity index (χ2n) is 7.83. The van der Waals surface area contributed by atoms with Crippen LogP contribution in [0.5, 0.6) is 0 Å². The summed E-state index contributed by atoms with van der Waals surface area (Å²) in [5, 5.41) is 2.90. The highest BCUT2D eigenvalue weighted by Gasteiger charge is 2.53. The molecule has 1 aromatic rings. The van der Waals surface area contributed by atoms with E-state index in [9.17, 15) is 21.6 Å². The summed E-state index contributed by atoms with van der Waals surface area (Å²) in [5.41, 5.74) is -1.28. The van der Waals surface area contributed by atoms with Crippen LogP contribution in [0.4, 0.5) is 13.2 Å². The van der Waals surface area contributed by atoms with Crippen molar-refractivity contribution >= 4 is 10.0 Å². The van der Waals surface area contributed by atoms with E-state index in [4.69, 9.17) is 4.74 Å². The van der Waals surface area contributed by atoms with Gasteiger partial charge < -0.3 is 4.74 Å². The van der Waals surface area contributed by atoms with Crippen molar-refractivity contribution in [3.05, 3.63) is 11.8 Å². The van der Waals surface area contributed by atoms with E-state index in [2.05, 4.69) is 10.00 Å². The Morgan fingerprint density at radius 3 is 2.48 bits per heavy atom. The van der Waals surface area contributed by atoms with E-state index in [-0.39, 0.29) is 5.41 Å². The van der Waals surface area contributed by atoms with Gasteiger partial charge >= 0.3 is 6.18 Å². The average Bonchev–Trinajstić information content (AvgIpc) is 3.18. The molecule has 3 aliphatic heterocycles. The quantitative estimate of drug-likeness (QED) is 0.755. The molecule has 3 fully saturated rings. The molecule has 0 bridgehead atoms. The van der Waals surface area contributed by atoms with Crippen molar-refractivity contribution in [2.75, 3.05) is 39.4 Å². The number of rotatable bonds is 3. The number of likely N-dealkylation sites (tertiary alicyclic amines) is 1. The number of aromatic nitrogens is 2. The summed E-state index contributed by atoms with van der Waals surface area (Å²) in [4.78, 5) is 2.41. The fourth-order valence-corrected chi connectivity index (χ4v) is 6.21. The molecule has 0 aromatic carbocycles. The van der Waals surface area contributed by atoms with Crippen LogP contribution in [0.1, 0.15) is 25.0 Å². The number of sulfonamides is 1. The maximum absolute atomic E-state index is 12.8. The van der Waals surface area contributed by atoms with Gasteiger partial charge in [-0.3, -0.25) is 9.58 Å². The first-order valence-electron chi connectivity index (χ1n) is 9.04. The summed E-state index contributed by atoms with van der Waals surface area (Å²) < 4.78 is 71.5. The fraction of sp³-hybridized carbons (Fsp3) is 0.812. The summed E-state index contributed by atoms with van der Waals surface area (Å²) in [6, 6.07) is 1.10. The summed E-state index contributed by atoms with van der Waals surface area (Å²) in [6.07, 6.45) is -1.77. The summed E-state index contributed by atoms with van der Waals surface area (Å²) in [6.45, 7) is 3.99. The molecule has 3 saturated heterocycles. The fourth-order valence-electron chi connectivity index (χ4n) is 4.42. The van der Waals surface area contributed by atoms with Crippen molar-refractivity contribution in [3.63, 3.8) is 0 Å². The first kappa shape index (κ1) is 19.2. The van der Waals surface area contributed by atoms with E-state index in [1.54, 1.807) is 0 Å². The zero-order valence-electron chi connectivity index (χ0n) is 15.1. The van der Waals surface area contributed by atoms with E-state index in [0.717, 1.165) is 50.2 Å². The molecule has 0 unspecified atom stereocenters. The van der Waals surface area contributed by atoms with Crippen LogP contribution < -0.4 is 0 Å². The zero-order chi connectivity index (χ0) is 19.4. The predicted molar refractivity (Wildman–Crippen MR) is 89.4 cm³/mol. The largest absolute Gasteiger partial charge is 0.435 e. The van der Waals surface area contributed by atoms with Crippen LogP contribution in [0.25, 0.3) is 0 Å². The van der Waals surface area contributed by atoms with Gasteiger partial charge in [-0.25, -0.2) is 8.42 Å². The Kier molecular flexibility index (Phi) is 4.56. The molecular weight excluding hydrogens is 385 g/mol. The molecule has 152 valence electrons. The van der Waals surface area contributed by atoms with Crippen LogP contribution in [0.2, 0.25) is 0 Å². The molecule has 7 nitrogen and oxygen atoms in total. The predicted octanol–water partition coefficient (Wildman–Crippen LogP) is 1.31. The number of nitrogens with zero attached hydrogens (tertiary/aromatic N) is 4. The van der Waals surface area contributed by atoms with E-state index < -0.39 is 26.9 Å². The molecule has 4 heterocycles. The minimum absolute atomic E-state index is 0.0865. The highest BCUT2D eigenvalue weighted by Crippen LogP contribution is 2.43. The van der Waals surface area contributed by atoms with Gasteiger partial charge in [-0.2, -0.15) is 22.6 Å². The number of aryl methyl sites for hydroxylation is 1. The third kappa shape index (κ3) is 3.39. The van der Waals surface area contributed by atoms with Crippen LogP contribution in [-0.4, -0.2) is 72.8 Å². The van der Waals surface area contributed by atoms with Gasteiger partial charge in [0, 0.05) is 57.4 Å². The van der Waals surface area contributed by atoms with Crippen LogP contribution in [0.15, 0.2) is 11.1 Å². The maximum atomic E-state index is 12.8. The summed E-state index contributed by atoms with van der Waals surface area (Å²) in [7, 11) is -2.76. The van der Waals surface area contributed by atoms with Crippen LogP contribution >= 0.6 is 0 Å². The molecule has 3 aliphatic rings. The molecule has 27 heavy (non-hydrogen) atoms. The lowest BCUT2D eigenvalue weighted by Gasteiger charge is -2.47. The van der Waals surface area contributed by atoms with Crippen molar-refractivity contribution in [2.45, 2.75) is 36.5 Å². The molecule has 0 aliphatic carbocycles. The topological polar surface area (TPSA) is 67.7 Å². The zero-order valence-corrected chi connectivity index (χ0v) is 15.9. The Bertz CT molecular complexity index is 811. The highest BCUT2D eigenvalue weighted by atomic mass is 32.2. The molecule has 0 N–H and O–H groups in total. The SMILES string of the molecule is Cn1nc(C(F)(F)F)cc1S(=O)(=O)N1CC2(CCN(C3CCOCC3)C2)C1. The second kappa shape index (κ2) is 6.43.